The highest BCUT2D eigenvalue weighted by Crippen LogP contribution is 2.34. The third-order valence-corrected chi connectivity index (χ3v) is 4.39. The van der Waals surface area contributed by atoms with Crippen LogP contribution in [-0.2, 0) is 6.54 Å². The standard InChI is InChI=1S/C15H18N2O2S/c1-10-9-20-15(17-10)8-16-13-5-6-19-14-4-3-11(18-2)7-12(13)14/h3-4,7,9,13,16H,5-6,8H2,1-2H3. The minimum absolute atomic E-state index is 0.290. The Balaban J connectivity index is 1.75. The van der Waals surface area contributed by atoms with E-state index in [-0.39, 0.29) is 6.04 Å². The van der Waals surface area contributed by atoms with Crippen LogP contribution < -0.4 is 14.8 Å². The van der Waals surface area contributed by atoms with Gasteiger partial charge >= 0.3 is 0 Å². The van der Waals surface area contributed by atoms with Crippen LogP contribution in [0.1, 0.15) is 28.7 Å². The van der Waals surface area contributed by atoms with Gasteiger partial charge < -0.3 is 14.8 Å². The third kappa shape index (κ3) is 2.78. The van der Waals surface area contributed by atoms with Gasteiger partial charge in [-0.05, 0) is 25.1 Å². The molecule has 1 aromatic heterocycles. The quantitative estimate of drug-likeness (QED) is 0.940. The number of thiazole rings is 1. The Kier molecular flexibility index (Phi) is 3.89. The first kappa shape index (κ1) is 13.4. The summed E-state index contributed by atoms with van der Waals surface area (Å²) in [6, 6.07) is 6.26. The lowest BCUT2D eigenvalue weighted by Crippen LogP contribution is -2.26. The molecule has 106 valence electrons. The molecule has 0 saturated heterocycles. The Morgan fingerprint density at radius 1 is 1.50 bits per heavy atom. The Labute approximate surface area is 122 Å². The summed E-state index contributed by atoms with van der Waals surface area (Å²) < 4.78 is 11.0. The molecule has 0 radical (unpaired) electrons. The summed E-state index contributed by atoms with van der Waals surface area (Å²) in [6.07, 6.45) is 0.963. The molecule has 0 bridgehead atoms. The van der Waals surface area contributed by atoms with Crippen LogP contribution in [0, 0.1) is 6.92 Å². The highest BCUT2D eigenvalue weighted by Gasteiger charge is 2.21. The van der Waals surface area contributed by atoms with Crippen LogP contribution in [0.15, 0.2) is 23.6 Å². The second-order valence-corrected chi connectivity index (χ2v) is 5.80. The van der Waals surface area contributed by atoms with Gasteiger partial charge in [-0.3, -0.25) is 0 Å². The van der Waals surface area contributed by atoms with Crippen LogP contribution in [0.5, 0.6) is 11.5 Å². The number of rotatable bonds is 4. The number of fused-ring (bicyclic) bond motifs is 1. The Bertz CT molecular complexity index is 597. The molecule has 1 atom stereocenters. The van der Waals surface area contributed by atoms with E-state index in [0.717, 1.165) is 41.8 Å². The molecule has 0 aliphatic carbocycles. The van der Waals surface area contributed by atoms with E-state index in [2.05, 4.69) is 21.7 Å². The monoisotopic (exact) mass is 290 g/mol. The Morgan fingerprint density at radius 2 is 2.40 bits per heavy atom. The first-order valence-electron chi connectivity index (χ1n) is 6.71. The zero-order valence-corrected chi connectivity index (χ0v) is 12.5. The van der Waals surface area contributed by atoms with Gasteiger partial charge in [-0.1, -0.05) is 0 Å². The predicted octanol–water partition coefficient (Wildman–Crippen LogP) is 3.07. The maximum atomic E-state index is 5.70. The summed E-state index contributed by atoms with van der Waals surface area (Å²) in [5, 5.41) is 6.78. The molecule has 1 aliphatic rings. The van der Waals surface area contributed by atoms with E-state index < -0.39 is 0 Å². The highest BCUT2D eigenvalue weighted by atomic mass is 32.1. The van der Waals surface area contributed by atoms with Crippen molar-refractivity contribution >= 4 is 11.3 Å². The lowest BCUT2D eigenvalue weighted by atomic mass is 10.0. The molecule has 0 saturated carbocycles. The van der Waals surface area contributed by atoms with Gasteiger partial charge in [0, 0.05) is 35.6 Å². The number of nitrogens with one attached hydrogen (secondary N) is 1. The summed E-state index contributed by atoms with van der Waals surface area (Å²) in [7, 11) is 1.69. The van der Waals surface area contributed by atoms with Crippen LogP contribution in [-0.4, -0.2) is 18.7 Å². The van der Waals surface area contributed by atoms with E-state index >= 15 is 0 Å². The van der Waals surface area contributed by atoms with Crippen LogP contribution in [0.2, 0.25) is 0 Å². The first-order valence-corrected chi connectivity index (χ1v) is 7.59. The first-order chi connectivity index (χ1) is 9.76. The molecular formula is C15H18N2O2S. The highest BCUT2D eigenvalue weighted by molar-refractivity contribution is 7.09. The van der Waals surface area contributed by atoms with Crippen LogP contribution in [0.4, 0.5) is 0 Å². The van der Waals surface area contributed by atoms with Gasteiger partial charge in [0.05, 0.1) is 13.7 Å². The van der Waals surface area contributed by atoms with Gasteiger partial charge in [-0.25, -0.2) is 4.98 Å². The maximum Gasteiger partial charge on any atom is 0.124 e. The second kappa shape index (κ2) is 5.81. The maximum absolute atomic E-state index is 5.70. The Morgan fingerprint density at radius 3 is 3.15 bits per heavy atom. The van der Waals surface area contributed by atoms with Gasteiger partial charge in [-0.2, -0.15) is 0 Å². The lowest BCUT2D eigenvalue weighted by molar-refractivity contribution is 0.251. The SMILES string of the molecule is COc1ccc2c(c1)C(NCc1nc(C)cs1)CCO2. The van der Waals surface area contributed by atoms with Gasteiger partial charge in [-0.15, -0.1) is 11.3 Å². The smallest absolute Gasteiger partial charge is 0.124 e. The van der Waals surface area contributed by atoms with E-state index in [4.69, 9.17) is 9.47 Å². The fraction of sp³-hybridized carbons (Fsp3) is 0.400. The predicted molar refractivity (Wildman–Crippen MR) is 79.5 cm³/mol. The average Bonchev–Trinajstić information content (AvgIpc) is 2.90. The topological polar surface area (TPSA) is 43.4 Å². The van der Waals surface area contributed by atoms with Crippen molar-refractivity contribution in [3.8, 4) is 11.5 Å². The number of benzene rings is 1. The molecular weight excluding hydrogens is 272 g/mol. The molecule has 5 heteroatoms. The van der Waals surface area contributed by atoms with E-state index in [1.54, 1.807) is 18.4 Å². The fourth-order valence-electron chi connectivity index (χ4n) is 2.41. The van der Waals surface area contributed by atoms with Crippen LogP contribution >= 0.6 is 11.3 Å². The fourth-order valence-corrected chi connectivity index (χ4v) is 3.13. The van der Waals surface area contributed by atoms with E-state index in [9.17, 15) is 0 Å². The minimum Gasteiger partial charge on any atom is -0.497 e. The van der Waals surface area contributed by atoms with Crippen molar-refractivity contribution in [1.29, 1.82) is 0 Å². The number of aryl methyl sites for hydroxylation is 1. The largest absolute Gasteiger partial charge is 0.497 e. The Hall–Kier alpha value is -1.59. The molecule has 20 heavy (non-hydrogen) atoms. The van der Waals surface area contributed by atoms with Crippen molar-refractivity contribution in [2.24, 2.45) is 0 Å². The van der Waals surface area contributed by atoms with E-state index in [1.807, 2.05) is 19.1 Å². The van der Waals surface area contributed by atoms with Gasteiger partial charge in [0.25, 0.3) is 0 Å². The lowest BCUT2D eigenvalue weighted by Gasteiger charge is -2.27. The van der Waals surface area contributed by atoms with Gasteiger partial charge in [0.1, 0.15) is 16.5 Å². The molecule has 1 N–H and O–H groups in total. The molecule has 2 heterocycles. The molecule has 0 fully saturated rings. The number of aromatic nitrogens is 1. The number of methoxy groups -OCH3 is 1. The van der Waals surface area contributed by atoms with Crippen molar-refractivity contribution in [2.45, 2.75) is 25.9 Å². The second-order valence-electron chi connectivity index (χ2n) is 4.86. The molecule has 1 aromatic carbocycles. The zero-order valence-electron chi connectivity index (χ0n) is 11.7. The van der Waals surface area contributed by atoms with Crippen molar-refractivity contribution < 1.29 is 9.47 Å². The molecule has 1 aliphatic heterocycles. The minimum atomic E-state index is 0.290. The zero-order chi connectivity index (χ0) is 13.9. The molecule has 0 amide bonds. The van der Waals surface area contributed by atoms with Crippen molar-refractivity contribution in [1.82, 2.24) is 10.3 Å². The summed E-state index contributed by atoms with van der Waals surface area (Å²) in [6.45, 7) is 3.56. The van der Waals surface area contributed by atoms with Crippen molar-refractivity contribution in [2.75, 3.05) is 13.7 Å². The molecule has 3 rings (SSSR count). The third-order valence-electron chi connectivity index (χ3n) is 3.42. The summed E-state index contributed by atoms with van der Waals surface area (Å²) in [5.41, 5.74) is 2.25. The molecule has 0 spiro atoms. The molecule has 1 unspecified atom stereocenters. The van der Waals surface area contributed by atoms with Crippen LogP contribution in [0.25, 0.3) is 0 Å². The van der Waals surface area contributed by atoms with Crippen molar-refractivity contribution in [3.05, 3.63) is 39.8 Å². The molecule has 2 aromatic rings. The number of hydrogen-bond donors (Lipinski definition) is 1. The normalized spacial score (nSPS) is 17.4. The molecule has 4 nitrogen and oxygen atoms in total. The number of hydrogen-bond acceptors (Lipinski definition) is 5. The summed E-state index contributed by atoms with van der Waals surface area (Å²) >= 11 is 1.70. The van der Waals surface area contributed by atoms with Crippen LogP contribution in [0.3, 0.4) is 0 Å². The van der Waals surface area contributed by atoms with E-state index in [0.29, 0.717) is 0 Å². The number of nitrogens with zero attached hydrogens (tertiary/aromatic N) is 1. The number of ether oxygens (including phenoxy) is 2. The van der Waals surface area contributed by atoms with E-state index in [1.165, 1.54) is 5.56 Å². The van der Waals surface area contributed by atoms with Crippen molar-refractivity contribution in [3.63, 3.8) is 0 Å². The average molecular weight is 290 g/mol. The summed E-state index contributed by atoms with van der Waals surface area (Å²) in [4.78, 5) is 4.48. The summed E-state index contributed by atoms with van der Waals surface area (Å²) in [5.74, 6) is 1.82. The van der Waals surface area contributed by atoms with Gasteiger partial charge in [0.2, 0.25) is 0 Å². The van der Waals surface area contributed by atoms with Gasteiger partial charge in [0.15, 0.2) is 0 Å².